The number of rotatable bonds is 4. The number of carbonyl (C=O) groups is 1. The van der Waals surface area contributed by atoms with Crippen molar-refractivity contribution in [3.63, 3.8) is 0 Å². The van der Waals surface area contributed by atoms with Crippen molar-refractivity contribution in [2.75, 3.05) is 12.0 Å². The number of Topliss-reactive ketones (excluding diaryl/α,β-unsaturated/α-hetero) is 1. The molecule has 0 amide bonds. The van der Waals surface area contributed by atoms with Crippen molar-refractivity contribution in [2.24, 2.45) is 0 Å². The topological polar surface area (TPSA) is 34.1 Å². The molecule has 26 heavy (non-hydrogen) atoms. The SMILES string of the molecule is C[S+](=O)(CC(=O)c1c2ccccc2cc2ccccc12)c1ccccc1. The summed E-state index contributed by atoms with van der Waals surface area (Å²) < 4.78 is 13.2. The number of fused-ring (bicyclic) bond motifs is 2. The number of hydrogen-bond acceptors (Lipinski definition) is 2. The molecule has 4 rings (SSSR count). The van der Waals surface area contributed by atoms with Gasteiger partial charge in [-0.1, -0.05) is 70.9 Å². The summed E-state index contributed by atoms with van der Waals surface area (Å²) in [4.78, 5) is 14.0. The molecule has 0 aliphatic rings. The molecular weight excluding hydrogens is 340 g/mol. The summed E-state index contributed by atoms with van der Waals surface area (Å²) in [6.07, 6.45) is 1.67. The van der Waals surface area contributed by atoms with E-state index in [4.69, 9.17) is 0 Å². The molecule has 0 aromatic heterocycles. The quantitative estimate of drug-likeness (QED) is 0.279. The highest BCUT2D eigenvalue weighted by Crippen LogP contribution is 2.30. The third-order valence-electron chi connectivity index (χ3n) is 4.70. The van der Waals surface area contributed by atoms with Crippen LogP contribution < -0.4 is 0 Å². The van der Waals surface area contributed by atoms with Crippen molar-refractivity contribution >= 4 is 37.3 Å². The van der Waals surface area contributed by atoms with Crippen LogP contribution in [0.5, 0.6) is 0 Å². The first kappa shape index (κ1) is 16.7. The molecule has 0 bridgehead atoms. The first-order chi connectivity index (χ1) is 12.6. The Morgan fingerprint density at radius 1 is 0.769 bits per heavy atom. The highest BCUT2D eigenvalue weighted by atomic mass is 32.2. The maximum absolute atomic E-state index is 13.3. The van der Waals surface area contributed by atoms with Gasteiger partial charge < -0.3 is 0 Å². The van der Waals surface area contributed by atoms with Crippen LogP contribution in [0.25, 0.3) is 21.5 Å². The van der Waals surface area contributed by atoms with Gasteiger partial charge in [0.15, 0.2) is 10.6 Å². The van der Waals surface area contributed by atoms with E-state index in [1.165, 1.54) is 0 Å². The van der Waals surface area contributed by atoms with Crippen molar-refractivity contribution in [2.45, 2.75) is 4.90 Å². The lowest BCUT2D eigenvalue weighted by Gasteiger charge is -2.12. The van der Waals surface area contributed by atoms with Gasteiger partial charge in [0.2, 0.25) is 5.78 Å². The summed E-state index contributed by atoms with van der Waals surface area (Å²) in [6, 6.07) is 27.1. The first-order valence-electron chi connectivity index (χ1n) is 8.52. The predicted molar refractivity (Wildman–Crippen MR) is 109 cm³/mol. The lowest BCUT2D eigenvalue weighted by molar-refractivity contribution is 0.102. The number of benzene rings is 4. The lowest BCUT2D eigenvalue weighted by Crippen LogP contribution is -2.22. The van der Waals surface area contributed by atoms with Gasteiger partial charge >= 0.3 is 0 Å². The largest absolute Gasteiger partial charge is 0.289 e. The molecule has 0 heterocycles. The Morgan fingerprint density at radius 3 is 1.85 bits per heavy atom. The van der Waals surface area contributed by atoms with Crippen molar-refractivity contribution in [3.8, 4) is 0 Å². The van der Waals surface area contributed by atoms with Gasteiger partial charge in [0.05, 0.1) is 0 Å². The molecule has 0 N–H and O–H groups in total. The van der Waals surface area contributed by atoms with Crippen LogP contribution in [0.3, 0.4) is 0 Å². The smallest absolute Gasteiger partial charge is 0.213 e. The van der Waals surface area contributed by atoms with Crippen LogP contribution >= 0.6 is 0 Å². The molecule has 0 radical (unpaired) electrons. The molecule has 1 unspecified atom stereocenters. The van der Waals surface area contributed by atoms with Crippen LogP contribution in [0.15, 0.2) is 89.8 Å². The highest BCUT2D eigenvalue weighted by molar-refractivity contribution is 8.03. The summed E-state index contributed by atoms with van der Waals surface area (Å²) in [7, 11) is -2.44. The average molecular weight is 359 g/mol. The van der Waals surface area contributed by atoms with Crippen molar-refractivity contribution in [3.05, 3.63) is 90.5 Å². The van der Waals surface area contributed by atoms with E-state index in [0.717, 1.165) is 26.4 Å². The van der Waals surface area contributed by atoms with E-state index in [1.807, 2.05) is 78.9 Å². The molecule has 128 valence electrons. The molecule has 0 fully saturated rings. The highest BCUT2D eigenvalue weighted by Gasteiger charge is 2.30. The van der Waals surface area contributed by atoms with Gasteiger partial charge in [-0.2, -0.15) is 0 Å². The van der Waals surface area contributed by atoms with Crippen LogP contribution in [-0.4, -0.2) is 17.8 Å². The molecular formula is C23H19O2S+. The summed E-state index contributed by atoms with van der Waals surface area (Å²) in [5.41, 5.74) is 0.671. The van der Waals surface area contributed by atoms with Gasteiger partial charge in [0, 0.05) is 5.56 Å². The molecule has 4 aromatic carbocycles. The molecule has 0 aliphatic heterocycles. The third-order valence-corrected chi connectivity index (χ3v) is 6.78. The summed E-state index contributed by atoms with van der Waals surface area (Å²) in [6.45, 7) is 0. The minimum Gasteiger partial charge on any atom is -0.289 e. The van der Waals surface area contributed by atoms with Crippen LogP contribution in [0.2, 0.25) is 0 Å². The van der Waals surface area contributed by atoms with Crippen LogP contribution in [0.1, 0.15) is 10.4 Å². The number of ketones is 1. The normalized spacial score (nSPS) is 13.6. The van der Waals surface area contributed by atoms with Crippen LogP contribution in [0, 0.1) is 0 Å². The Bertz CT molecular complexity index is 1110. The van der Waals surface area contributed by atoms with E-state index in [-0.39, 0.29) is 11.5 Å². The predicted octanol–water partition coefficient (Wildman–Crippen LogP) is 5.36. The van der Waals surface area contributed by atoms with E-state index < -0.39 is 9.93 Å². The van der Waals surface area contributed by atoms with Crippen molar-refractivity contribution < 1.29 is 9.00 Å². The third kappa shape index (κ3) is 2.95. The first-order valence-corrected chi connectivity index (χ1v) is 10.7. The molecule has 0 aliphatic carbocycles. The number of carbonyl (C=O) groups excluding carboxylic acids is 1. The van der Waals surface area contributed by atoms with Crippen LogP contribution in [0.4, 0.5) is 0 Å². The second kappa shape index (κ2) is 6.50. The van der Waals surface area contributed by atoms with E-state index in [0.29, 0.717) is 5.56 Å². The van der Waals surface area contributed by atoms with Crippen molar-refractivity contribution in [1.29, 1.82) is 0 Å². The zero-order valence-electron chi connectivity index (χ0n) is 14.5. The molecule has 0 saturated heterocycles. The Morgan fingerprint density at radius 2 is 1.27 bits per heavy atom. The summed E-state index contributed by atoms with van der Waals surface area (Å²) in [5.74, 6) is -0.0657. The van der Waals surface area contributed by atoms with E-state index in [9.17, 15) is 9.00 Å². The second-order valence-corrected chi connectivity index (χ2v) is 9.35. The molecule has 2 nitrogen and oxygen atoms in total. The van der Waals surface area contributed by atoms with E-state index >= 15 is 0 Å². The van der Waals surface area contributed by atoms with Gasteiger partial charge in [-0.15, -0.1) is 0 Å². The van der Waals surface area contributed by atoms with E-state index in [2.05, 4.69) is 6.07 Å². The molecule has 1 atom stereocenters. The zero-order valence-corrected chi connectivity index (χ0v) is 15.3. The Hall–Kier alpha value is -2.78. The molecule has 3 heteroatoms. The molecule has 0 saturated carbocycles. The fourth-order valence-corrected chi connectivity index (χ4v) is 4.97. The maximum Gasteiger partial charge on any atom is 0.213 e. The Balaban J connectivity index is 1.87. The maximum atomic E-state index is 13.3. The fraction of sp³-hybridized carbons (Fsp3) is 0.0870. The molecule has 4 aromatic rings. The minimum absolute atomic E-state index is 0.00894. The van der Waals surface area contributed by atoms with Gasteiger partial charge in [0.1, 0.15) is 16.2 Å². The van der Waals surface area contributed by atoms with Gasteiger partial charge in [-0.3, -0.25) is 4.79 Å². The molecule has 0 spiro atoms. The second-order valence-electron chi connectivity index (χ2n) is 6.58. The lowest BCUT2D eigenvalue weighted by atomic mass is 9.95. The summed E-state index contributed by atoms with van der Waals surface area (Å²) in [5, 5.41) is 3.88. The van der Waals surface area contributed by atoms with Gasteiger partial charge in [0.25, 0.3) is 0 Å². The fourth-order valence-electron chi connectivity index (χ4n) is 3.43. The van der Waals surface area contributed by atoms with Gasteiger partial charge in [-0.25, -0.2) is 0 Å². The van der Waals surface area contributed by atoms with Crippen LogP contribution in [-0.2, 0) is 14.1 Å². The van der Waals surface area contributed by atoms with Crippen molar-refractivity contribution in [1.82, 2.24) is 0 Å². The Kier molecular flexibility index (Phi) is 4.17. The monoisotopic (exact) mass is 359 g/mol. The summed E-state index contributed by atoms with van der Waals surface area (Å²) >= 11 is 0. The number of hydrogen-bond donors (Lipinski definition) is 0. The average Bonchev–Trinajstić information content (AvgIpc) is 2.66. The van der Waals surface area contributed by atoms with Gasteiger partial charge in [-0.05, 0) is 39.7 Å². The standard InChI is InChI=1S/C23H19O2S/c1-26(25,19-11-3-2-4-12-19)16-22(24)23-20-13-7-5-9-17(20)15-18-10-6-8-14-21(18)23/h2-15H,16H2,1H3/q+1. The zero-order chi connectivity index (χ0) is 18.1. The Labute approximate surface area is 153 Å². The minimum atomic E-state index is -2.44. The van der Waals surface area contributed by atoms with E-state index in [1.54, 1.807) is 6.26 Å².